The minimum atomic E-state index is 0.596. The molecule has 0 aliphatic carbocycles. The van der Waals surface area contributed by atoms with Crippen LogP contribution >= 0.6 is 15.9 Å². The van der Waals surface area contributed by atoms with Gasteiger partial charge in [-0.15, -0.1) is 0 Å². The summed E-state index contributed by atoms with van der Waals surface area (Å²) in [5.74, 6) is 0. The minimum Gasteiger partial charge on any atom is -0.293 e. The van der Waals surface area contributed by atoms with Gasteiger partial charge in [0, 0.05) is 0 Å². The van der Waals surface area contributed by atoms with Crippen LogP contribution in [-0.2, 0) is 0 Å². The van der Waals surface area contributed by atoms with Crippen molar-refractivity contribution in [2.75, 3.05) is 18.5 Å². The number of likely N-dealkylation sites (tertiary alicyclic amines) is 1. The van der Waals surface area contributed by atoms with Crippen molar-refractivity contribution in [1.29, 1.82) is 0 Å². The van der Waals surface area contributed by atoms with Gasteiger partial charge in [-0.25, -0.2) is 0 Å². The second-order valence-electron chi connectivity index (χ2n) is 3.90. The van der Waals surface area contributed by atoms with Gasteiger partial charge in [-0.1, -0.05) is 29.8 Å². The van der Waals surface area contributed by atoms with E-state index in [-0.39, 0.29) is 0 Å². The molecule has 0 spiro atoms. The van der Waals surface area contributed by atoms with Crippen LogP contribution < -0.4 is 0 Å². The Morgan fingerprint density at radius 1 is 1.30 bits per heavy atom. The Labute approximate surface area is 71.9 Å². The summed E-state index contributed by atoms with van der Waals surface area (Å²) >= 11 is 3.47. The van der Waals surface area contributed by atoms with E-state index in [1.807, 2.05) is 0 Å². The molecule has 1 nitrogen and oxygen atoms in total. The van der Waals surface area contributed by atoms with Crippen LogP contribution in [0.5, 0.6) is 0 Å². The maximum absolute atomic E-state index is 3.47. The van der Waals surface area contributed by atoms with Crippen LogP contribution in [0, 0.1) is 5.41 Å². The van der Waals surface area contributed by atoms with Crippen LogP contribution in [-0.4, -0.2) is 23.4 Å². The van der Waals surface area contributed by atoms with E-state index in [0.717, 1.165) is 5.45 Å². The molecule has 1 heterocycles. The monoisotopic (exact) mass is 205 g/mol. The first-order chi connectivity index (χ1) is 4.64. The summed E-state index contributed by atoms with van der Waals surface area (Å²) in [5.41, 5.74) is 1.64. The van der Waals surface area contributed by atoms with Gasteiger partial charge in [0.25, 0.3) is 0 Å². The van der Waals surface area contributed by atoms with Crippen molar-refractivity contribution in [1.82, 2.24) is 4.90 Å². The zero-order valence-corrected chi connectivity index (χ0v) is 8.45. The zero-order valence-electron chi connectivity index (χ0n) is 6.86. The van der Waals surface area contributed by atoms with Gasteiger partial charge in [0.05, 0.1) is 5.45 Å². The predicted octanol–water partition coefficient (Wildman–Crippen LogP) is 2.46. The molecule has 2 heteroatoms. The fourth-order valence-corrected chi connectivity index (χ4v) is 1.78. The summed E-state index contributed by atoms with van der Waals surface area (Å²) in [4.78, 5) is 2.45. The van der Waals surface area contributed by atoms with Gasteiger partial charge in [0.15, 0.2) is 0 Å². The third-order valence-electron chi connectivity index (χ3n) is 2.38. The lowest BCUT2D eigenvalue weighted by Crippen LogP contribution is -2.36. The van der Waals surface area contributed by atoms with E-state index in [0.29, 0.717) is 5.41 Å². The molecular weight excluding hydrogens is 190 g/mol. The normalized spacial score (nSPS) is 26.7. The lowest BCUT2D eigenvalue weighted by Gasteiger charge is -2.35. The Morgan fingerprint density at radius 2 is 1.80 bits per heavy atom. The Bertz CT molecular complexity index is 102. The van der Waals surface area contributed by atoms with Crippen LogP contribution in [0.2, 0.25) is 0 Å². The molecule has 1 aliphatic heterocycles. The Kier molecular flexibility index (Phi) is 2.75. The van der Waals surface area contributed by atoms with E-state index >= 15 is 0 Å². The van der Waals surface area contributed by atoms with Gasteiger partial charge in [-0.05, 0) is 31.3 Å². The van der Waals surface area contributed by atoms with Gasteiger partial charge in [0.1, 0.15) is 0 Å². The van der Waals surface area contributed by atoms with Crippen molar-refractivity contribution in [3.8, 4) is 0 Å². The third kappa shape index (κ3) is 2.24. The first kappa shape index (κ1) is 8.54. The molecule has 0 aromatic heterocycles. The van der Waals surface area contributed by atoms with E-state index in [4.69, 9.17) is 0 Å². The molecule has 0 N–H and O–H groups in total. The number of halogens is 1. The summed E-state index contributed by atoms with van der Waals surface area (Å²) < 4.78 is 0. The van der Waals surface area contributed by atoms with Crippen molar-refractivity contribution in [3.63, 3.8) is 0 Å². The highest BCUT2D eigenvalue weighted by atomic mass is 79.9. The molecule has 0 bridgehead atoms. The van der Waals surface area contributed by atoms with E-state index in [1.165, 1.54) is 25.9 Å². The Morgan fingerprint density at radius 3 is 2.20 bits per heavy atom. The largest absolute Gasteiger partial charge is 0.293 e. The number of nitrogens with zero attached hydrogens (tertiary/aromatic N) is 1. The minimum absolute atomic E-state index is 0.596. The Hall–Kier alpha value is 0.440. The highest BCUT2D eigenvalue weighted by Crippen LogP contribution is 2.29. The number of piperidine rings is 1. The van der Waals surface area contributed by atoms with Crippen LogP contribution in [0.4, 0.5) is 0 Å². The molecule has 0 radical (unpaired) electrons. The average molecular weight is 206 g/mol. The second kappa shape index (κ2) is 3.22. The quantitative estimate of drug-likeness (QED) is 0.470. The molecule has 0 unspecified atom stereocenters. The molecule has 10 heavy (non-hydrogen) atoms. The zero-order chi connectivity index (χ0) is 7.61. The summed E-state index contributed by atoms with van der Waals surface area (Å²) in [6.45, 7) is 7.24. The molecule has 0 aromatic carbocycles. The number of alkyl halides is 1. The lowest BCUT2D eigenvalue weighted by atomic mass is 9.83. The smallest absolute Gasteiger partial charge is 0.0542 e. The molecule has 0 aromatic rings. The van der Waals surface area contributed by atoms with E-state index in [2.05, 4.69) is 34.7 Å². The summed E-state index contributed by atoms with van der Waals surface area (Å²) in [6, 6.07) is 0. The SMILES string of the molecule is CC1(C)CCN(CBr)CC1. The maximum Gasteiger partial charge on any atom is 0.0542 e. The van der Waals surface area contributed by atoms with E-state index < -0.39 is 0 Å². The highest BCUT2D eigenvalue weighted by molar-refractivity contribution is 9.09. The van der Waals surface area contributed by atoms with Gasteiger partial charge < -0.3 is 0 Å². The highest BCUT2D eigenvalue weighted by Gasteiger charge is 2.24. The number of hydrogen-bond acceptors (Lipinski definition) is 1. The molecular formula is C8H16BrN. The molecule has 1 saturated heterocycles. The van der Waals surface area contributed by atoms with Gasteiger partial charge in [0.2, 0.25) is 0 Å². The van der Waals surface area contributed by atoms with Crippen LogP contribution in [0.3, 0.4) is 0 Å². The first-order valence-corrected chi connectivity index (χ1v) is 5.04. The predicted molar refractivity (Wildman–Crippen MR) is 48.4 cm³/mol. The topological polar surface area (TPSA) is 3.24 Å². The molecule has 1 rings (SSSR count). The van der Waals surface area contributed by atoms with Crippen molar-refractivity contribution in [3.05, 3.63) is 0 Å². The van der Waals surface area contributed by atoms with E-state index in [9.17, 15) is 0 Å². The second-order valence-corrected chi connectivity index (χ2v) is 4.40. The fraction of sp³-hybridized carbons (Fsp3) is 1.00. The molecule has 60 valence electrons. The van der Waals surface area contributed by atoms with Gasteiger partial charge in [-0.2, -0.15) is 0 Å². The van der Waals surface area contributed by atoms with Gasteiger partial charge >= 0.3 is 0 Å². The van der Waals surface area contributed by atoms with Crippen molar-refractivity contribution < 1.29 is 0 Å². The summed E-state index contributed by atoms with van der Waals surface area (Å²) in [6.07, 6.45) is 2.69. The third-order valence-corrected chi connectivity index (χ3v) is 3.09. The van der Waals surface area contributed by atoms with Crippen LogP contribution in [0.15, 0.2) is 0 Å². The average Bonchev–Trinajstić information content (AvgIpc) is 1.88. The standard InChI is InChI=1S/C8H16BrN/c1-8(2)3-5-10(7-9)6-4-8/h3-7H2,1-2H3. The number of rotatable bonds is 1. The number of hydrogen-bond donors (Lipinski definition) is 0. The van der Waals surface area contributed by atoms with E-state index in [1.54, 1.807) is 0 Å². The van der Waals surface area contributed by atoms with Gasteiger partial charge in [-0.3, -0.25) is 4.90 Å². The molecule has 0 atom stereocenters. The van der Waals surface area contributed by atoms with Crippen molar-refractivity contribution in [2.24, 2.45) is 5.41 Å². The van der Waals surface area contributed by atoms with Crippen LogP contribution in [0.1, 0.15) is 26.7 Å². The van der Waals surface area contributed by atoms with Crippen molar-refractivity contribution in [2.45, 2.75) is 26.7 Å². The fourth-order valence-electron chi connectivity index (χ4n) is 1.28. The Balaban J connectivity index is 2.31. The molecule has 1 fully saturated rings. The first-order valence-electron chi connectivity index (χ1n) is 3.92. The summed E-state index contributed by atoms with van der Waals surface area (Å²) in [7, 11) is 0. The molecule has 0 saturated carbocycles. The van der Waals surface area contributed by atoms with Crippen molar-refractivity contribution >= 4 is 15.9 Å². The molecule has 1 aliphatic rings. The van der Waals surface area contributed by atoms with Crippen LogP contribution in [0.25, 0.3) is 0 Å². The lowest BCUT2D eigenvalue weighted by molar-refractivity contribution is 0.152. The maximum atomic E-state index is 3.47. The summed E-state index contributed by atoms with van der Waals surface area (Å²) in [5, 5.41) is 0. The molecule has 0 amide bonds.